The molecule has 0 N–H and O–H groups in total. The van der Waals surface area contributed by atoms with Crippen molar-refractivity contribution in [2.45, 2.75) is 38.1 Å². The van der Waals surface area contributed by atoms with Crippen LogP contribution in [0.5, 0.6) is 23.0 Å². The van der Waals surface area contributed by atoms with Crippen molar-refractivity contribution in [3.05, 3.63) is 212 Å². The second kappa shape index (κ2) is 15.9. The average molecular weight is 1060 g/mol. The van der Waals surface area contributed by atoms with Gasteiger partial charge < -0.3 is 23.7 Å². The van der Waals surface area contributed by atoms with Gasteiger partial charge in [-0.15, -0.1) is 23.7 Å². The third-order valence-corrected chi connectivity index (χ3v) is 12.7. The van der Waals surface area contributed by atoms with E-state index in [4.69, 9.17) is 32.9 Å². The molecule has 4 aliphatic rings. The number of rotatable bonds is 7. The third-order valence-electron chi connectivity index (χ3n) is 12.7. The van der Waals surface area contributed by atoms with Crippen LogP contribution < -0.4 is 34.6 Å². The van der Waals surface area contributed by atoms with Crippen LogP contribution in [-0.4, -0.2) is 22.4 Å². The molecule has 0 fully saturated rings. The Morgan fingerprint density at radius 1 is 0.776 bits per heavy atom. The van der Waals surface area contributed by atoms with E-state index in [2.05, 4.69) is 62.3 Å². The van der Waals surface area contributed by atoms with Crippen molar-refractivity contribution < 1.29 is 53.6 Å². The van der Waals surface area contributed by atoms with E-state index in [1.54, 1.807) is 39.5 Å². The molecule has 0 saturated heterocycles. The molecule has 2 aromatic heterocycles. The quantitative estimate of drug-likeness (QED) is 0.0904. The van der Waals surface area contributed by atoms with Gasteiger partial charge in [0.05, 0.1) is 30.4 Å². The zero-order chi connectivity index (χ0) is 52.8. The fourth-order valence-corrected chi connectivity index (χ4v) is 9.76. The van der Waals surface area contributed by atoms with Gasteiger partial charge in [0.2, 0.25) is 0 Å². The summed E-state index contributed by atoms with van der Waals surface area (Å²) in [6, 6.07) is 31.3. The molecule has 326 valence electrons. The fourth-order valence-electron chi connectivity index (χ4n) is 9.76. The van der Waals surface area contributed by atoms with Gasteiger partial charge in [-0.25, -0.2) is 4.98 Å². The van der Waals surface area contributed by atoms with Gasteiger partial charge in [-0.2, -0.15) is 12.1 Å². The Kier molecular flexibility index (Phi) is 7.47. The number of fused-ring (bicyclic) bond motifs is 1. The smallest absolute Gasteiger partial charge is 0.268 e. The van der Waals surface area contributed by atoms with Crippen molar-refractivity contribution in [1.29, 1.82) is 0 Å². The van der Waals surface area contributed by atoms with Crippen molar-refractivity contribution in [2.24, 2.45) is 0 Å². The van der Waals surface area contributed by atoms with E-state index >= 15 is 0 Å². The minimum Gasteiger partial charge on any atom is -0.510 e. The van der Waals surface area contributed by atoms with Crippen molar-refractivity contribution in [3.8, 4) is 56.6 Å². The first-order chi connectivity index (χ1) is 36.5. The number of pyridine rings is 1. The van der Waals surface area contributed by atoms with Gasteiger partial charge in [0.25, 0.3) is 6.33 Å². The molecule has 2 atom stereocenters. The first kappa shape index (κ1) is 31.5. The zero-order valence-corrected chi connectivity index (χ0v) is 38.4. The van der Waals surface area contributed by atoms with Crippen LogP contribution in [-0.2, 0) is 26.5 Å². The van der Waals surface area contributed by atoms with E-state index in [0.717, 1.165) is 39.4 Å². The molecule has 0 spiro atoms. The van der Waals surface area contributed by atoms with Crippen LogP contribution in [0.4, 0.5) is 17.2 Å². The van der Waals surface area contributed by atoms with E-state index in [9.17, 15) is 0 Å². The maximum Gasteiger partial charge on any atom is 0.268 e. The molecule has 0 bridgehead atoms. The van der Waals surface area contributed by atoms with Crippen LogP contribution in [0.25, 0.3) is 44.7 Å². The van der Waals surface area contributed by atoms with Crippen molar-refractivity contribution in [3.63, 3.8) is 0 Å². The summed E-state index contributed by atoms with van der Waals surface area (Å²) in [7, 11) is 0. The maximum atomic E-state index is 9.06. The molecule has 67 heavy (non-hydrogen) atoms. The number of benzene rings is 7. The van der Waals surface area contributed by atoms with E-state index in [1.165, 1.54) is 0 Å². The maximum absolute atomic E-state index is 9.06. The summed E-state index contributed by atoms with van der Waals surface area (Å²) in [5.41, 5.74) is 6.28. The molecule has 0 saturated carbocycles. The van der Waals surface area contributed by atoms with Gasteiger partial charge in [0, 0.05) is 56.0 Å². The van der Waals surface area contributed by atoms with Gasteiger partial charge in [0.15, 0.2) is 6.71 Å². The predicted molar refractivity (Wildman–Crippen MR) is 261 cm³/mol. The summed E-state index contributed by atoms with van der Waals surface area (Å²) in [6.45, 7) is 6.39. The molecule has 0 radical (unpaired) electrons. The number of hydrogen-bond donors (Lipinski definition) is 0. The SMILES string of the molecule is [2H]c1c([2H])c([2H])c(-c2cccc(-c3c([2H])c([2H])c([2H])c([2H])c3[2H])c2-[n+]2[c-]n(-c3[c-]c(Oc4[c-]c5c6c(c4)OC4=CC=CC7Oc8cccc(c8B6C47)N5c4cc(C(C)(C)C)ccn4)ccc3)c3ccccc32)c([2H])c1[2H].[Pt]. The first-order valence-corrected chi connectivity index (χ1v) is 21.7. The Labute approximate surface area is 418 Å². The van der Waals surface area contributed by atoms with E-state index < -0.39 is 60.4 Å². The van der Waals surface area contributed by atoms with Crippen LogP contribution in [0, 0.1) is 18.5 Å². The summed E-state index contributed by atoms with van der Waals surface area (Å²) in [4.78, 5) is 7.06. The molecule has 3 aliphatic heterocycles. The van der Waals surface area contributed by atoms with Crippen LogP contribution in [0.1, 0.15) is 40.0 Å². The van der Waals surface area contributed by atoms with Gasteiger partial charge in [-0.1, -0.05) is 148 Å². The molecule has 2 unspecified atom stereocenters. The van der Waals surface area contributed by atoms with Crippen molar-refractivity contribution >= 4 is 45.9 Å². The Hall–Kier alpha value is -7.41. The summed E-state index contributed by atoms with van der Waals surface area (Å²) in [5.74, 6) is 3.44. The molecule has 9 heteroatoms. The van der Waals surface area contributed by atoms with Crippen LogP contribution >= 0.6 is 0 Å². The molecular weight excluding hydrogens is 1010 g/mol. The van der Waals surface area contributed by atoms with E-state index in [-0.39, 0.29) is 73.1 Å². The molecule has 1 aliphatic carbocycles. The third kappa shape index (κ3) is 6.68. The molecule has 0 amide bonds. The number of anilines is 3. The van der Waals surface area contributed by atoms with E-state index in [0.29, 0.717) is 39.8 Å². The topological polar surface area (TPSA) is 52.6 Å². The van der Waals surface area contributed by atoms with Gasteiger partial charge >= 0.3 is 0 Å². The monoisotopic (exact) mass is 1060 g/mol. The molecule has 5 heterocycles. The molecule has 13 rings (SSSR count). The van der Waals surface area contributed by atoms with Crippen molar-refractivity contribution in [2.75, 3.05) is 4.90 Å². The Morgan fingerprint density at radius 3 is 2.30 bits per heavy atom. The number of allylic oxidation sites excluding steroid dienone is 2. The summed E-state index contributed by atoms with van der Waals surface area (Å²) >= 11 is 0. The number of nitrogens with zero attached hydrogens (tertiary/aromatic N) is 4. The minimum atomic E-state index is -0.579. The number of ether oxygens (including phenoxy) is 3. The normalized spacial score (nSPS) is 18.2. The Balaban J connectivity index is 0.00000596. The second-order valence-corrected chi connectivity index (χ2v) is 17.5. The van der Waals surface area contributed by atoms with Crippen LogP contribution in [0.15, 0.2) is 188 Å². The summed E-state index contributed by atoms with van der Waals surface area (Å²) in [5, 5.41) is 0. The van der Waals surface area contributed by atoms with Gasteiger partial charge in [-0.05, 0) is 80.8 Å². The van der Waals surface area contributed by atoms with Crippen LogP contribution in [0.3, 0.4) is 0 Å². The number of para-hydroxylation sites is 3. The Bertz CT molecular complexity index is 3960. The number of hydrogen-bond acceptors (Lipinski definition) is 5. The van der Waals surface area contributed by atoms with Gasteiger partial charge in [-0.3, -0.25) is 4.57 Å². The Morgan fingerprint density at radius 2 is 1.52 bits per heavy atom. The molecule has 7 nitrogen and oxygen atoms in total. The molecular formula is C58H41BN4O3Pt-2. The second-order valence-electron chi connectivity index (χ2n) is 17.5. The molecule has 9 aromatic rings. The summed E-state index contributed by atoms with van der Waals surface area (Å²) in [6.07, 6.45) is 11.1. The average Bonchev–Trinajstić information content (AvgIpc) is 3.83. The number of imidazole rings is 1. The first-order valence-electron chi connectivity index (χ1n) is 26.7. The largest absolute Gasteiger partial charge is 0.510 e. The van der Waals surface area contributed by atoms with E-state index in [1.807, 2.05) is 72.9 Å². The van der Waals surface area contributed by atoms with Crippen molar-refractivity contribution in [1.82, 2.24) is 9.55 Å². The fraction of sp³-hybridized carbons (Fsp3) is 0.103. The standard InChI is InChI=1S/C58H41BN4O3.Pt/c1-58(2,3)39-30-31-60-53(32-39)63-47-26-14-27-49-54(47)59-55-48(63)34-42(35-52(55)66-51-29-15-28-50(65-49)56(51)59)64-41-21-12-20-40(33-41)61-36-62(46-25-11-10-24-45(46)61)57-43(37-16-6-4-7-17-37)22-13-23-44(57)38-18-8-5-9-19-38;/h4-32,35,50,56H,1-3H3;/q-2;/i4D,5D,6D,7D,8D,9D,16D,17D,18D,19D;. The van der Waals surface area contributed by atoms with Crippen LogP contribution in [0.2, 0.25) is 5.82 Å². The zero-order valence-electron chi connectivity index (χ0n) is 46.1. The molecule has 7 aromatic carbocycles. The number of aromatic nitrogens is 3. The minimum absolute atomic E-state index is 0. The van der Waals surface area contributed by atoms with Gasteiger partial charge in [0.1, 0.15) is 23.4 Å². The predicted octanol–water partition coefficient (Wildman–Crippen LogP) is 11.5. The summed E-state index contributed by atoms with van der Waals surface area (Å²) < 4.78 is 111.